The standard InChI is InChI=1S/C24H22N4O2S/c1-18-10-14-22(15-11-18)31(29,30)28-23-9-5-8-20-12-13-21(27-24(20)23)17-26-25-16-19-6-3-2-4-7-19/h2-15,17,25,28H,16H2,1H3/b26-17+. The highest BCUT2D eigenvalue weighted by Crippen LogP contribution is 2.24. The van der Waals surface area contributed by atoms with Crippen molar-refractivity contribution in [1.29, 1.82) is 0 Å². The molecule has 0 aliphatic heterocycles. The molecule has 156 valence electrons. The van der Waals surface area contributed by atoms with Crippen LogP contribution >= 0.6 is 0 Å². The molecule has 0 fully saturated rings. The molecule has 2 N–H and O–H groups in total. The van der Waals surface area contributed by atoms with Crippen LogP contribution < -0.4 is 10.1 Å². The molecule has 6 nitrogen and oxygen atoms in total. The third-order valence-electron chi connectivity index (χ3n) is 4.73. The van der Waals surface area contributed by atoms with Gasteiger partial charge in [-0.25, -0.2) is 13.4 Å². The van der Waals surface area contributed by atoms with Gasteiger partial charge >= 0.3 is 0 Å². The number of benzene rings is 3. The molecule has 0 amide bonds. The molecule has 31 heavy (non-hydrogen) atoms. The van der Waals surface area contributed by atoms with Crippen LogP contribution in [0, 0.1) is 6.92 Å². The van der Waals surface area contributed by atoms with E-state index in [0.717, 1.165) is 16.5 Å². The average Bonchev–Trinajstić information content (AvgIpc) is 2.78. The first kappa shape index (κ1) is 20.6. The number of hydrogen-bond acceptors (Lipinski definition) is 5. The van der Waals surface area contributed by atoms with Crippen LogP contribution in [0.25, 0.3) is 10.9 Å². The van der Waals surface area contributed by atoms with Crippen LogP contribution in [0.2, 0.25) is 0 Å². The summed E-state index contributed by atoms with van der Waals surface area (Å²) < 4.78 is 28.3. The van der Waals surface area contributed by atoms with Crippen molar-refractivity contribution in [3.8, 4) is 0 Å². The Bertz CT molecular complexity index is 1320. The Hall–Kier alpha value is -3.71. The van der Waals surface area contributed by atoms with Gasteiger partial charge in [0, 0.05) is 5.39 Å². The van der Waals surface area contributed by atoms with Crippen molar-refractivity contribution < 1.29 is 8.42 Å². The summed E-state index contributed by atoms with van der Waals surface area (Å²) in [4.78, 5) is 4.80. The van der Waals surface area contributed by atoms with E-state index >= 15 is 0 Å². The van der Waals surface area contributed by atoms with Crippen molar-refractivity contribution in [2.75, 3.05) is 4.72 Å². The molecule has 7 heteroatoms. The summed E-state index contributed by atoms with van der Waals surface area (Å²) in [5.41, 5.74) is 6.72. The molecule has 0 aliphatic rings. The number of sulfonamides is 1. The zero-order valence-electron chi connectivity index (χ0n) is 17.0. The number of nitrogens with zero attached hydrogens (tertiary/aromatic N) is 2. The van der Waals surface area contributed by atoms with Gasteiger partial charge in [0.2, 0.25) is 0 Å². The largest absolute Gasteiger partial charge is 0.306 e. The second-order valence-electron chi connectivity index (χ2n) is 7.11. The molecule has 0 bridgehead atoms. The van der Waals surface area contributed by atoms with Crippen molar-refractivity contribution in [3.63, 3.8) is 0 Å². The molecular weight excluding hydrogens is 408 g/mol. The Balaban J connectivity index is 1.55. The molecular formula is C24H22N4O2S. The number of hydrogen-bond donors (Lipinski definition) is 2. The zero-order valence-corrected chi connectivity index (χ0v) is 17.8. The van der Waals surface area contributed by atoms with Gasteiger partial charge in [0.1, 0.15) is 0 Å². The van der Waals surface area contributed by atoms with Crippen LogP contribution in [0.15, 0.2) is 94.9 Å². The van der Waals surface area contributed by atoms with E-state index in [1.807, 2.05) is 55.5 Å². The Morgan fingerprint density at radius 3 is 2.45 bits per heavy atom. The number of hydrazone groups is 1. The normalized spacial score (nSPS) is 11.6. The van der Waals surface area contributed by atoms with Crippen molar-refractivity contribution in [1.82, 2.24) is 10.4 Å². The average molecular weight is 431 g/mol. The summed E-state index contributed by atoms with van der Waals surface area (Å²) in [6.07, 6.45) is 1.62. The first-order valence-corrected chi connectivity index (χ1v) is 11.3. The maximum Gasteiger partial charge on any atom is 0.261 e. The number of para-hydroxylation sites is 1. The maximum absolute atomic E-state index is 12.8. The smallest absolute Gasteiger partial charge is 0.261 e. The number of fused-ring (bicyclic) bond motifs is 1. The molecule has 0 saturated carbocycles. The second kappa shape index (κ2) is 8.97. The minimum absolute atomic E-state index is 0.206. The molecule has 0 aliphatic carbocycles. The minimum atomic E-state index is -3.72. The summed E-state index contributed by atoms with van der Waals surface area (Å²) in [5.74, 6) is 0. The van der Waals surface area contributed by atoms with E-state index in [-0.39, 0.29) is 4.90 Å². The van der Waals surface area contributed by atoms with E-state index in [9.17, 15) is 8.42 Å². The summed E-state index contributed by atoms with van der Waals surface area (Å²) in [7, 11) is -3.72. The molecule has 1 aromatic heterocycles. The lowest BCUT2D eigenvalue weighted by Crippen LogP contribution is -2.13. The van der Waals surface area contributed by atoms with E-state index in [0.29, 0.717) is 23.4 Å². The van der Waals surface area contributed by atoms with Crippen LogP contribution in [0.3, 0.4) is 0 Å². The SMILES string of the molecule is Cc1ccc(S(=O)(=O)Nc2cccc3ccc(/C=N/NCc4ccccc4)nc23)cc1. The zero-order chi connectivity index (χ0) is 21.7. The molecule has 0 unspecified atom stereocenters. The maximum atomic E-state index is 12.8. The van der Waals surface area contributed by atoms with Gasteiger partial charge in [-0.1, -0.05) is 66.2 Å². The predicted octanol–water partition coefficient (Wildman–Crippen LogP) is 4.47. The van der Waals surface area contributed by atoms with Crippen LogP contribution in [-0.2, 0) is 16.6 Å². The van der Waals surface area contributed by atoms with Gasteiger partial charge in [-0.05, 0) is 36.8 Å². The van der Waals surface area contributed by atoms with Gasteiger partial charge in [0.25, 0.3) is 10.0 Å². The highest BCUT2D eigenvalue weighted by atomic mass is 32.2. The highest BCUT2D eigenvalue weighted by Gasteiger charge is 2.16. The summed E-state index contributed by atoms with van der Waals surface area (Å²) in [5, 5.41) is 5.06. The molecule has 0 atom stereocenters. The number of aryl methyl sites for hydroxylation is 1. The van der Waals surface area contributed by atoms with Crippen LogP contribution in [0.1, 0.15) is 16.8 Å². The van der Waals surface area contributed by atoms with Crippen molar-refractivity contribution in [2.45, 2.75) is 18.4 Å². The third-order valence-corrected chi connectivity index (χ3v) is 6.11. The van der Waals surface area contributed by atoms with Crippen LogP contribution in [0.5, 0.6) is 0 Å². The Morgan fingerprint density at radius 1 is 0.903 bits per heavy atom. The molecule has 0 spiro atoms. The summed E-state index contributed by atoms with van der Waals surface area (Å²) in [6.45, 7) is 2.52. The summed E-state index contributed by atoms with van der Waals surface area (Å²) in [6, 6.07) is 25.8. The highest BCUT2D eigenvalue weighted by molar-refractivity contribution is 7.92. The van der Waals surface area contributed by atoms with Crippen LogP contribution in [0.4, 0.5) is 5.69 Å². The fourth-order valence-electron chi connectivity index (χ4n) is 3.08. The monoisotopic (exact) mass is 430 g/mol. The van der Waals surface area contributed by atoms with Gasteiger partial charge in [0.15, 0.2) is 0 Å². The fourth-order valence-corrected chi connectivity index (χ4v) is 4.15. The van der Waals surface area contributed by atoms with E-state index in [1.54, 1.807) is 42.6 Å². The number of aromatic nitrogens is 1. The lowest BCUT2D eigenvalue weighted by molar-refractivity contribution is 0.601. The first-order valence-electron chi connectivity index (χ1n) is 9.80. The van der Waals surface area contributed by atoms with Gasteiger partial charge in [-0.15, -0.1) is 0 Å². The second-order valence-corrected chi connectivity index (χ2v) is 8.79. The number of pyridine rings is 1. The molecule has 1 heterocycles. The summed E-state index contributed by atoms with van der Waals surface area (Å²) >= 11 is 0. The fraction of sp³-hybridized carbons (Fsp3) is 0.0833. The van der Waals surface area contributed by atoms with Crippen molar-refractivity contribution in [3.05, 3.63) is 102 Å². The number of anilines is 1. The predicted molar refractivity (Wildman–Crippen MR) is 125 cm³/mol. The van der Waals surface area contributed by atoms with E-state index in [2.05, 4.69) is 20.2 Å². The van der Waals surface area contributed by atoms with E-state index in [4.69, 9.17) is 0 Å². The van der Waals surface area contributed by atoms with Crippen molar-refractivity contribution >= 4 is 32.8 Å². The Labute approximate surface area is 181 Å². The van der Waals surface area contributed by atoms with Gasteiger partial charge in [-0.3, -0.25) is 4.72 Å². The molecule has 4 rings (SSSR count). The van der Waals surface area contributed by atoms with E-state index in [1.165, 1.54) is 0 Å². The van der Waals surface area contributed by atoms with Crippen molar-refractivity contribution in [2.24, 2.45) is 5.10 Å². The topological polar surface area (TPSA) is 83.5 Å². The number of nitrogens with one attached hydrogen (secondary N) is 2. The van der Waals surface area contributed by atoms with Gasteiger partial charge in [0.05, 0.1) is 34.6 Å². The molecule has 0 radical (unpaired) electrons. The van der Waals surface area contributed by atoms with E-state index < -0.39 is 10.0 Å². The lowest BCUT2D eigenvalue weighted by Gasteiger charge is -2.11. The Kier molecular flexibility index (Phi) is 5.95. The van der Waals surface area contributed by atoms with Gasteiger partial charge in [-0.2, -0.15) is 5.10 Å². The quantitative estimate of drug-likeness (QED) is 0.335. The van der Waals surface area contributed by atoms with Crippen LogP contribution in [-0.4, -0.2) is 19.6 Å². The lowest BCUT2D eigenvalue weighted by atomic mass is 10.2. The molecule has 0 saturated heterocycles. The third kappa shape index (κ3) is 5.07. The Morgan fingerprint density at radius 2 is 1.68 bits per heavy atom. The first-order chi connectivity index (χ1) is 15.0. The molecule has 3 aromatic carbocycles. The number of rotatable bonds is 7. The van der Waals surface area contributed by atoms with Gasteiger partial charge < -0.3 is 5.43 Å². The minimum Gasteiger partial charge on any atom is -0.306 e. The molecule has 4 aromatic rings.